The third-order valence-corrected chi connectivity index (χ3v) is 5.49. The predicted octanol–water partition coefficient (Wildman–Crippen LogP) is 2.76. The first kappa shape index (κ1) is 21.4. The van der Waals surface area contributed by atoms with Crippen molar-refractivity contribution in [1.82, 2.24) is 10.0 Å². The van der Waals surface area contributed by atoms with Gasteiger partial charge in [0.1, 0.15) is 0 Å². The summed E-state index contributed by atoms with van der Waals surface area (Å²) in [4.78, 5) is 12.0. The van der Waals surface area contributed by atoms with Crippen LogP contribution < -0.4 is 10.0 Å². The molecule has 0 spiro atoms. The maximum Gasteiger partial charge on any atom is 0.244 e. The molecule has 2 rings (SSSR count). The highest BCUT2D eigenvalue weighted by Crippen LogP contribution is 2.23. The van der Waals surface area contributed by atoms with Gasteiger partial charge in [0, 0.05) is 22.7 Å². The average molecular weight is 429 g/mol. The predicted molar refractivity (Wildman–Crippen MR) is 106 cm³/mol. The number of amides is 1. The van der Waals surface area contributed by atoms with Crippen molar-refractivity contribution >= 4 is 45.2 Å². The van der Waals surface area contributed by atoms with Gasteiger partial charge in [0.05, 0.1) is 11.0 Å². The van der Waals surface area contributed by atoms with Crippen molar-refractivity contribution in [2.24, 2.45) is 0 Å². The minimum Gasteiger partial charge on any atom is -0.387 e. The molecule has 0 saturated heterocycles. The van der Waals surface area contributed by atoms with Gasteiger partial charge < -0.3 is 10.4 Å². The summed E-state index contributed by atoms with van der Waals surface area (Å²) in [5, 5.41) is 13.5. The molecule has 0 saturated carbocycles. The molecule has 3 N–H and O–H groups in total. The Kier molecular flexibility index (Phi) is 7.41. The largest absolute Gasteiger partial charge is 0.387 e. The number of nitrogens with one attached hydrogen (secondary N) is 2. The Bertz CT molecular complexity index is 924. The number of hydrogen-bond acceptors (Lipinski definition) is 4. The van der Waals surface area contributed by atoms with Gasteiger partial charge in [-0.3, -0.25) is 4.79 Å². The van der Waals surface area contributed by atoms with E-state index in [1.54, 1.807) is 30.3 Å². The zero-order valence-corrected chi connectivity index (χ0v) is 16.6. The number of rotatable bonds is 7. The van der Waals surface area contributed by atoms with E-state index in [0.717, 1.165) is 0 Å². The van der Waals surface area contributed by atoms with E-state index in [2.05, 4.69) is 10.0 Å². The van der Waals surface area contributed by atoms with Crippen LogP contribution in [0.4, 0.5) is 0 Å². The number of sulfonamides is 1. The Morgan fingerprint density at radius 1 is 1.15 bits per heavy atom. The van der Waals surface area contributed by atoms with Crippen LogP contribution in [0.1, 0.15) is 17.2 Å². The summed E-state index contributed by atoms with van der Waals surface area (Å²) in [7, 11) is -2.16. The normalized spacial score (nSPS) is 12.9. The van der Waals surface area contributed by atoms with E-state index in [4.69, 9.17) is 23.2 Å². The van der Waals surface area contributed by atoms with Gasteiger partial charge in [0.25, 0.3) is 0 Å². The van der Waals surface area contributed by atoms with Gasteiger partial charge >= 0.3 is 0 Å². The number of aliphatic hydroxyl groups is 1. The molecule has 27 heavy (non-hydrogen) atoms. The first-order valence-corrected chi connectivity index (χ1v) is 10.1. The summed E-state index contributed by atoms with van der Waals surface area (Å²) in [5.74, 6) is -0.408. The molecule has 0 aliphatic carbocycles. The van der Waals surface area contributed by atoms with E-state index in [-0.39, 0.29) is 11.4 Å². The van der Waals surface area contributed by atoms with Crippen LogP contribution in [0.2, 0.25) is 10.0 Å². The zero-order chi connectivity index (χ0) is 20.0. The Labute approximate surface area is 167 Å². The van der Waals surface area contributed by atoms with Gasteiger partial charge in [-0.2, -0.15) is 0 Å². The number of benzene rings is 2. The molecule has 9 heteroatoms. The number of aliphatic hydroxyl groups excluding tert-OH is 1. The van der Waals surface area contributed by atoms with Gasteiger partial charge in [-0.15, -0.1) is 0 Å². The Morgan fingerprint density at radius 2 is 1.74 bits per heavy atom. The second-order valence-electron chi connectivity index (χ2n) is 5.57. The molecule has 1 unspecified atom stereocenters. The summed E-state index contributed by atoms with van der Waals surface area (Å²) in [6.45, 7) is -0.0147. The minimum absolute atomic E-state index is 0.0147. The first-order valence-electron chi connectivity index (χ1n) is 7.85. The van der Waals surface area contributed by atoms with E-state index in [1.807, 2.05) is 0 Å². The third kappa shape index (κ3) is 6.34. The summed E-state index contributed by atoms with van der Waals surface area (Å²) in [5.41, 5.74) is 1.15. The number of hydrogen-bond donors (Lipinski definition) is 3. The second kappa shape index (κ2) is 9.34. The zero-order valence-electron chi connectivity index (χ0n) is 14.3. The van der Waals surface area contributed by atoms with Crippen LogP contribution in [0.3, 0.4) is 0 Å². The number of carbonyl (C=O) groups excluding carboxylic acids is 1. The topological polar surface area (TPSA) is 95.5 Å². The Morgan fingerprint density at radius 3 is 2.30 bits per heavy atom. The van der Waals surface area contributed by atoms with Gasteiger partial charge in [0.15, 0.2) is 0 Å². The fraction of sp³-hybridized carbons (Fsp3) is 0.167. The summed E-state index contributed by atoms with van der Waals surface area (Å²) in [6, 6.07) is 10.7. The van der Waals surface area contributed by atoms with E-state index in [1.165, 1.54) is 31.3 Å². The first-order chi connectivity index (χ1) is 12.7. The lowest BCUT2D eigenvalue weighted by atomic mass is 10.1. The maximum atomic E-state index is 11.9. The molecule has 0 bridgehead atoms. The van der Waals surface area contributed by atoms with Crippen LogP contribution >= 0.6 is 23.2 Å². The molecule has 2 aromatic rings. The molecule has 0 radical (unpaired) electrons. The SMILES string of the molecule is CNS(=O)(=O)c1ccc(/C=C/C(=O)NCC(O)c2cc(Cl)cc(Cl)c2)cc1. The second-order valence-corrected chi connectivity index (χ2v) is 8.33. The van der Waals surface area contributed by atoms with E-state index < -0.39 is 22.0 Å². The monoisotopic (exact) mass is 428 g/mol. The van der Waals surface area contributed by atoms with Gasteiger partial charge in [-0.05, 0) is 54.6 Å². The molecule has 0 fully saturated rings. The summed E-state index contributed by atoms with van der Waals surface area (Å²) in [6.07, 6.45) is 1.87. The van der Waals surface area contributed by atoms with E-state index >= 15 is 0 Å². The summed E-state index contributed by atoms with van der Waals surface area (Å²) >= 11 is 11.8. The van der Waals surface area contributed by atoms with Crippen molar-refractivity contribution in [2.45, 2.75) is 11.0 Å². The van der Waals surface area contributed by atoms with Crippen LogP contribution in [0, 0.1) is 0 Å². The van der Waals surface area contributed by atoms with Crippen molar-refractivity contribution < 1.29 is 18.3 Å². The van der Waals surface area contributed by atoms with E-state index in [9.17, 15) is 18.3 Å². The van der Waals surface area contributed by atoms with Crippen molar-refractivity contribution in [3.8, 4) is 0 Å². The van der Waals surface area contributed by atoms with Gasteiger partial charge in [-0.1, -0.05) is 35.3 Å². The standard InChI is InChI=1S/C18H18Cl2N2O4S/c1-21-27(25,26)16-5-2-12(3-6-16)4-7-18(24)22-11-17(23)13-8-14(19)10-15(20)9-13/h2-10,17,21,23H,11H2,1H3,(H,22,24)/b7-4+. The van der Waals surface area contributed by atoms with Gasteiger partial charge in [0.2, 0.25) is 15.9 Å². The Hall–Kier alpha value is -1.90. The average Bonchev–Trinajstić information content (AvgIpc) is 2.64. The van der Waals surface area contributed by atoms with Crippen LogP contribution in [-0.2, 0) is 14.8 Å². The smallest absolute Gasteiger partial charge is 0.244 e. The lowest BCUT2D eigenvalue weighted by Crippen LogP contribution is -2.26. The number of carbonyl (C=O) groups is 1. The van der Waals surface area contributed by atoms with E-state index in [0.29, 0.717) is 21.2 Å². The molecular formula is C18H18Cl2N2O4S. The molecule has 0 aliphatic rings. The maximum absolute atomic E-state index is 11.9. The van der Waals surface area contributed by atoms with Crippen molar-refractivity contribution in [3.05, 3.63) is 69.7 Å². The lowest BCUT2D eigenvalue weighted by molar-refractivity contribution is -0.116. The molecule has 1 atom stereocenters. The molecule has 6 nitrogen and oxygen atoms in total. The van der Waals surface area contributed by atoms with Crippen LogP contribution in [0.25, 0.3) is 6.08 Å². The molecule has 0 heterocycles. The third-order valence-electron chi connectivity index (χ3n) is 3.63. The van der Waals surface area contributed by atoms with Crippen LogP contribution in [0.5, 0.6) is 0 Å². The van der Waals surface area contributed by atoms with Crippen LogP contribution in [-0.4, -0.2) is 33.0 Å². The molecular weight excluding hydrogens is 411 g/mol. The molecule has 2 aromatic carbocycles. The van der Waals surface area contributed by atoms with Crippen molar-refractivity contribution in [1.29, 1.82) is 0 Å². The van der Waals surface area contributed by atoms with Crippen molar-refractivity contribution in [2.75, 3.05) is 13.6 Å². The molecule has 144 valence electrons. The van der Waals surface area contributed by atoms with Crippen LogP contribution in [0.15, 0.2) is 53.4 Å². The summed E-state index contributed by atoms with van der Waals surface area (Å²) < 4.78 is 25.5. The molecule has 1 amide bonds. The number of halogens is 2. The molecule has 0 aromatic heterocycles. The van der Waals surface area contributed by atoms with Crippen molar-refractivity contribution in [3.63, 3.8) is 0 Å². The van der Waals surface area contributed by atoms with Gasteiger partial charge in [-0.25, -0.2) is 13.1 Å². The highest BCUT2D eigenvalue weighted by molar-refractivity contribution is 7.89. The minimum atomic E-state index is -3.50. The fourth-order valence-electron chi connectivity index (χ4n) is 2.19. The highest BCUT2D eigenvalue weighted by Gasteiger charge is 2.11. The molecule has 0 aliphatic heterocycles. The quantitative estimate of drug-likeness (QED) is 0.590. The fourth-order valence-corrected chi connectivity index (χ4v) is 3.46. The Balaban J connectivity index is 1.93. The highest BCUT2D eigenvalue weighted by atomic mass is 35.5. The lowest BCUT2D eigenvalue weighted by Gasteiger charge is -2.12.